The monoisotopic (exact) mass is 353 g/mol. The Bertz CT molecular complexity index is 732. The number of hydrogen-bond acceptors (Lipinski definition) is 1. The first kappa shape index (κ1) is 16.7. The molecule has 0 spiro atoms. The summed E-state index contributed by atoms with van der Waals surface area (Å²) in [5.74, 6) is 0.450. The van der Waals surface area contributed by atoms with E-state index in [1.165, 1.54) is 18.4 Å². The average molecular weight is 354 g/mol. The van der Waals surface area contributed by atoms with Crippen molar-refractivity contribution >= 4 is 17.5 Å². The lowest BCUT2D eigenvalue weighted by Crippen LogP contribution is -2.53. The van der Waals surface area contributed by atoms with E-state index in [4.69, 9.17) is 11.6 Å². The van der Waals surface area contributed by atoms with Gasteiger partial charge >= 0.3 is 0 Å². The second kappa shape index (κ2) is 6.84. The topological polar surface area (TPSA) is 20.3 Å². The van der Waals surface area contributed by atoms with Gasteiger partial charge in [-0.1, -0.05) is 61.4 Å². The van der Waals surface area contributed by atoms with Gasteiger partial charge in [-0.2, -0.15) is 0 Å². The number of halogens is 1. The Morgan fingerprint density at radius 3 is 2.36 bits per heavy atom. The number of alkyl halides is 1. The summed E-state index contributed by atoms with van der Waals surface area (Å²) >= 11 is 7.10. The molecule has 2 aliphatic rings. The standard InChI is InChI=1S/C22H24ClNO/c23-22-14-8-7-13-19(22)20(17-9-3-1-4-10-17)24(16-15-22)21(25)18-11-5-2-6-12-18/h1-6,9-12,19-20H,7-8,13-16H2. The van der Waals surface area contributed by atoms with Gasteiger partial charge in [0, 0.05) is 18.0 Å². The zero-order valence-electron chi connectivity index (χ0n) is 14.4. The van der Waals surface area contributed by atoms with Crippen LogP contribution in [0.15, 0.2) is 60.7 Å². The van der Waals surface area contributed by atoms with Crippen molar-refractivity contribution in [2.24, 2.45) is 5.92 Å². The molecule has 2 fully saturated rings. The lowest BCUT2D eigenvalue weighted by molar-refractivity contribution is 0.0279. The van der Waals surface area contributed by atoms with Crippen molar-refractivity contribution in [1.82, 2.24) is 4.90 Å². The van der Waals surface area contributed by atoms with Gasteiger partial charge in [-0.3, -0.25) is 4.79 Å². The van der Waals surface area contributed by atoms with Gasteiger partial charge < -0.3 is 4.90 Å². The van der Waals surface area contributed by atoms with Crippen molar-refractivity contribution in [3.05, 3.63) is 71.8 Å². The van der Waals surface area contributed by atoms with Crippen molar-refractivity contribution < 1.29 is 4.79 Å². The highest BCUT2D eigenvalue weighted by Gasteiger charge is 2.50. The van der Waals surface area contributed by atoms with Crippen molar-refractivity contribution in [1.29, 1.82) is 0 Å². The molecule has 2 nitrogen and oxygen atoms in total. The molecule has 1 heterocycles. The third-order valence-corrected chi connectivity index (χ3v) is 6.59. The maximum Gasteiger partial charge on any atom is 0.254 e. The van der Waals surface area contributed by atoms with Gasteiger partial charge in [0.25, 0.3) is 5.91 Å². The summed E-state index contributed by atoms with van der Waals surface area (Å²) in [5.41, 5.74) is 1.98. The van der Waals surface area contributed by atoms with Gasteiger partial charge in [-0.25, -0.2) is 0 Å². The first-order valence-electron chi connectivity index (χ1n) is 9.29. The van der Waals surface area contributed by atoms with E-state index in [1.807, 2.05) is 36.4 Å². The molecule has 1 aliphatic heterocycles. The summed E-state index contributed by atoms with van der Waals surface area (Å²) in [6.07, 6.45) is 5.46. The van der Waals surface area contributed by atoms with Gasteiger partial charge in [0.05, 0.1) is 10.9 Å². The van der Waals surface area contributed by atoms with E-state index in [0.717, 1.165) is 31.4 Å². The van der Waals surface area contributed by atoms with Crippen molar-refractivity contribution in [3.8, 4) is 0 Å². The molecule has 1 saturated carbocycles. The van der Waals surface area contributed by atoms with E-state index in [9.17, 15) is 4.79 Å². The number of carbonyl (C=O) groups is 1. The van der Waals surface area contributed by atoms with Crippen LogP contribution >= 0.6 is 11.6 Å². The van der Waals surface area contributed by atoms with Crippen LogP contribution in [0.2, 0.25) is 0 Å². The van der Waals surface area contributed by atoms with E-state index >= 15 is 0 Å². The lowest BCUT2D eigenvalue weighted by Gasteiger charge is -2.52. The molecule has 3 unspecified atom stereocenters. The second-order valence-corrected chi connectivity index (χ2v) is 8.11. The normalized spacial score (nSPS) is 29.1. The number of benzene rings is 2. The number of rotatable bonds is 2. The fourth-order valence-electron chi connectivity index (χ4n) is 4.68. The van der Waals surface area contributed by atoms with Crippen molar-refractivity contribution in [2.45, 2.75) is 43.0 Å². The molecule has 2 aromatic carbocycles. The molecule has 0 N–H and O–H groups in total. The molecule has 0 bridgehead atoms. The molecule has 25 heavy (non-hydrogen) atoms. The maximum absolute atomic E-state index is 13.2. The third kappa shape index (κ3) is 3.08. The van der Waals surface area contributed by atoms with E-state index in [2.05, 4.69) is 29.2 Å². The summed E-state index contributed by atoms with van der Waals surface area (Å²) in [7, 11) is 0. The number of amides is 1. The maximum atomic E-state index is 13.2. The van der Waals surface area contributed by atoms with Crippen LogP contribution in [0.3, 0.4) is 0 Å². The number of piperidine rings is 1. The summed E-state index contributed by atoms with van der Waals surface area (Å²) in [6, 6.07) is 20.2. The van der Waals surface area contributed by atoms with E-state index < -0.39 is 0 Å². The predicted octanol–water partition coefficient (Wildman–Crippen LogP) is 5.44. The average Bonchev–Trinajstić information content (AvgIpc) is 2.67. The molecule has 3 atom stereocenters. The zero-order chi connectivity index (χ0) is 17.3. The Morgan fingerprint density at radius 2 is 1.64 bits per heavy atom. The first-order valence-corrected chi connectivity index (χ1v) is 9.67. The van der Waals surface area contributed by atoms with Crippen molar-refractivity contribution in [3.63, 3.8) is 0 Å². The summed E-state index contributed by atoms with van der Waals surface area (Å²) in [6.45, 7) is 0.729. The lowest BCUT2D eigenvalue weighted by atomic mass is 9.68. The van der Waals surface area contributed by atoms with E-state index in [0.29, 0.717) is 5.92 Å². The number of fused-ring (bicyclic) bond motifs is 1. The van der Waals surface area contributed by atoms with Gasteiger partial charge in [-0.05, 0) is 37.0 Å². The number of carbonyl (C=O) groups excluding carboxylic acids is 1. The summed E-state index contributed by atoms with van der Waals surface area (Å²) < 4.78 is 0. The number of nitrogens with zero attached hydrogens (tertiary/aromatic N) is 1. The highest BCUT2D eigenvalue weighted by Crippen LogP contribution is 2.52. The van der Waals surface area contributed by atoms with Gasteiger partial charge in [0.2, 0.25) is 0 Å². The summed E-state index contributed by atoms with van der Waals surface area (Å²) in [5, 5.41) is 0. The predicted molar refractivity (Wildman–Crippen MR) is 102 cm³/mol. The van der Waals surface area contributed by atoms with Crippen LogP contribution in [0.25, 0.3) is 0 Å². The Morgan fingerprint density at radius 1 is 0.960 bits per heavy atom. The largest absolute Gasteiger partial charge is 0.331 e. The van der Waals surface area contributed by atoms with Crippen LogP contribution in [0.4, 0.5) is 0 Å². The molecular weight excluding hydrogens is 330 g/mol. The minimum Gasteiger partial charge on any atom is -0.331 e. The Hall–Kier alpha value is -1.80. The molecular formula is C22H24ClNO. The van der Waals surface area contributed by atoms with E-state index in [-0.39, 0.29) is 16.8 Å². The Balaban J connectivity index is 1.74. The fraction of sp³-hybridized carbons (Fsp3) is 0.409. The van der Waals surface area contributed by atoms with E-state index in [1.54, 1.807) is 0 Å². The zero-order valence-corrected chi connectivity index (χ0v) is 15.2. The summed E-state index contributed by atoms with van der Waals surface area (Å²) in [4.78, 5) is 15.2. The third-order valence-electron chi connectivity index (χ3n) is 5.93. The molecule has 3 heteroatoms. The van der Waals surface area contributed by atoms with Gasteiger partial charge in [0.1, 0.15) is 0 Å². The molecule has 4 rings (SSSR count). The van der Waals surface area contributed by atoms with Crippen LogP contribution in [-0.4, -0.2) is 22.2 Å². The molecule has 2 aromatic rings. The molecule has 130 valence electrons. The minimum atomic E-state index is -0.160. The van der Waals surface area contributed by atoms with Crippen LogP contribution in [0, 0.1) is 5.92 Å². The van der Waals surface area contributed by atoms with Gasteiger partial charge in [-0.15, -0.1) is 11.6 Å². The van der Waals surface area contributed by atoms with Crippen LogP contribution < -0.4 is 0 Å². The SMILES string of the molecule is O=C(c1ccccc1)N1CCC2(Cl)CCCCC2C1c1ccccc1. The van der Waals surface area contributed by atoms with Crippen LogP contribution in [-0.2, 0) is 0 Å². The fourth-order valence-corrected chi connectivity index (χ4v) is 5.12. The smallest absolute Gasteiger partial charge is 0.254 e. The highest BCUT2D eigenvalue weighted by molar-refractivity contribution is 6.24. The molecule has 1 amide bonds. The van der Waals surface area contributed by atoms with Gasteiger partial charge in [0.15, 0.2) is 0 Å². The second-order valence-electron chi connectivity index (χ2n) is 7.36. The quantitative estimate of drug-likeness (QED) is 0.658. The molecule has 0 aromatic heterocycles. The molecule has 0 radical (unpaired) electrons. The van der Waals surface area contributed by atoms with Crippen molar-refractivity contribution in [2.75, 3.05) is 6.54 Å². The van der Waals surface area contributed by atoms with Crippen LogP contribution in [0.1, 0.15) is 54.1 Å². The first-order chi connectivity index (χ1) is 12.2. The molecule has 1 aliphatic carbocycles. The molecule has 1 saturated heterocycles. The Kier molecular flexibility index (Phi) is 4.56. The minimum absolute atomic E-state index is 0.0699. The highest BCUT2D eigenvalue weighted by atomic mass is 35.5. The number of likely N-dealkylation sites (tertiary alicyclic amines) is 1. The van der Waals surface area contributed by atoms with Crippen LogP contribution in [0.5, 0.6) is 0 Å². The Labute approximate surface area is 154 Å². The number of hydrogen-bond donors (Lipinski definition) is 0.